The average Bonchev–Trinajstić information content (AvgIpc) is 2.36. The lowest BCUT2D eigenvalue weighted by Crippen LogP contribution is -2.36. The highest BCUT2D eigenvalue weighted by molar-refractivity contribution is 6.00. The zero-order valence-corrected chi connectivity index (χ0v) is 11.9. The van der Waals surface area contributed by atoms with Crippen LogP contribution in [0.5, 0.6) is 0 Å². The number of nitrogens with one attached hydrogen (secondary N) is 2. The highest BCUT2D eigenvalue weighted by Crippen LogP contribution is 2.36. The molecule has 0 fully saturated rings. The monoisotopic (exact) mass is 288 g/mol. The first-order valence-electron chi connectivity index (χ1n) is 6.37. The number of para-hydroxylation sites is 1. The molecule has 0 aliphatic heterocycles. The Labute approximate surface area is 116 Å². The Morgan fingerprint density at radius 3 is 2.25 bits per heavy atom. The lowest BCUT2D eigenvalue weighted by Gasteiger charge is -2.20. The summed E-state index contributed by atoms with van der Waals surface area (Å²) in [5.41, 5.74) is -1.05. The van der Waals surface area contributed by atoms with Gasteiger partial charge in [-0.1, -0.05) is 19.9 Å². The molecular formula is C14H19F3N2O. The van der Waals surface area contributed by atoms with Crippen LogP contribution in [0.3, 0.4) is 0 Å². The van der Waals surface area contributed by atoms with Crippen LogP contribution in [0.2, 0.25) is 0 Å². The third-order valence-electron chi connectivity index (χ3n) is 3.22. The van der Waals surface area contributed by atoms with Crippen molar-refractivity contribution in [3.8, 4) is 0 Å². The van der Waals surface area contributed by atoms with Gasteiger partial charge in [0, 0.05) is 13.1 Å². The number of carbonyl (C=O) groups is 1. The third-order valence-corrected chi connectivity index (χ3v) is 3.22. The van der Waals surface area contributed by atoms with Crippen molar-refractivity contribution in [2.75, 3.05) is 12.4 Å². The summed E-state index contributed by atoms with van der Waals surface area (Å²) >= 11 is 0. The Morgan fingerprint density at radius 1 is 1.20 bits per heavy atom. The number of carbonyl (C=O) groups excluding carboxylic acids is 1. The van der Waals surface area contributed by atoms with Crippen LogP contribution in [0, 0.1) is 5.92 Å². The van der Waals surface area contributed by atoms with Crippen LogP contribution in [-0.2, 0) is 6.18 Å². The van der Waals surface area contributed by atoms with Gasteiger partial charge in [-0.25, -0.2) is 0 Å². The summed E-state index contributed by atoms with van der Waals surface area (Å²) in [5, 5.41) is 5.18. The number of hydrogen-bond acceptors (Lipinski definition) is 2. The Morgan fingerprint density at radius 2 is 1.80 bits per heavy atom. The molecule has 0 aromatic heterocycles. The Hall–Kier alpha value is -1.72. The van der Waals surface area contributed by atoms with E-state index >= 15 is 0 Å². The summed E-state index contributed by atoms with van der Waals surface area (Å²) in [6.45, 7) is 5.67. The minimum Gasteiger partial charge on any atom is -0.387 e. The predicted molar refractivity (Wildman–Crippen MR) is 72.8 cm³/mol. The summed E-state index contributed by atoms with van der Waals surface area (Å²) in [5.74, 6) is -0.315. The van der Waals surface area contributed by atoms with E-state index in [0.29, 0.717) is 0 Å². The van der Waals surface area contributed by atoms with Gasteiger partial charge < -0.3 is 10.6 Å². The molecule has 112 valence electrons. The van der Waals surface area contributed by atoms with Crippen molar-refractivity contribution >= 4 is 11.6 Å². The number of anilines is 1. The van der Waals surface area contributed by atoms with E-state index in [1.54, 1.807) is 0 Å². The topological polar surface area (TPSA) is 41.1 Å². The van der Waals surface area contributed by atoms with E-state index in [1.807, 2.05) is 20.8 Å². The summed E-state index contributed by atoms with van der Waals surface area (Å²) in [6.07, 6.45) is -4.50. The molecule has 20 heavy (non-hydrogen) atoms. The molecule has 6 heteroatoms. The van der Waals surface area contributed by atoms with Gasteiger partial charge in [0.2, 0.25) is 0 Å². The second-order valence-corrected chi connectivity index (χ2v) is 4.98. The minimum absolute atomic E-state index is 0.00479. The minimum atomic E-state index is -4.50. The zero-order valence-electron chi connectivity index (χ0n) is 11.9. The van der Waals surface area contributed by atoms with E-state index in [-0.39, 0.29) is 23.2 Å². The molecule has 0 aliphatic carbocycles. The van der Waals surface area contributed by atoms with E-state index in [0.717, 1.165) is 6.07 Å². The summed E-state index contributed by atoms with van der Waals surface area (Å²) in [7, 11) is 1.37. The van der Waals surface area contributed by atoms with Crippen molar-refractivity contribution in [1.29, 1.82) is 0 Å². The molecule has 0 bridgehead atoms. The van der Waals surface area contributed by atoms with Crippen molar-refractivity contribution in [3.63, 3.8) is 0 Å². The van der Waals surface area contributed by atoms with Crippen LogP contribution >= 0.6 is 0 Å². The van der Waals surface area contributed by atoms with Crippen molar-refractivity contribution in [1.82, 2.24) is 5.32 Å². The standard InChI is InChI=1S/C14H19F3N2O/c1-8(2)9(3)19-13(20)10-6-5-7-11(12(10)18-4)14(15,16)17/h5-9,18H,1-4H3,(H,19,20). The highest BCUT2D eigenvalue weighted by atomic mass is 19.4. The predicted octanol–water partition coefficient (Wildman–Crippen LogP) is 3.52. The molecule has 1 unspecified atom stereocenters. The van der Waals surface area contributed by atoms with Crippen LogP contribution in [0.1, 0.15) is 36.7 Å². The Kier molecular flexibility index (Phi) is 5.03. The van der Waals surface area contributed by atoms with E-state index in [4.69, 9.17) is 0 Å². The maximum atomic E-state index is 12.9. The fourth-order valence-electron chi connectivity index (χ4n) is 1.70. The molecule has 1 rings (SSSR count). The Bertz CT molecular complexity index is 484. The highest BCUT2D eigenvalue weighted by Gasteiger charge is 2.35. The summed E-state index contributed by atoms with van der Waals surface area (Å²) in [6, 6.07) is 3.44. The SMILES string of the molecule is CNc1c(C(=O)NC(C)C(C)C)cccc1C(F)(F)F. The number of rotatable bonds is 4. The fraction of sp³-hybridized carbons (Fsp3) is 0.500. The van der Waals surface area contributed by atoms with Crippen LogP contribution in [0.4, 0.5) is 18.9 Å². The van der Waals surface area contributed by atoms with Crippen LogP contribution in [-0.4, -0.2) is 19.0 Å². The molecular weight excluding hydrogens is 269 g/mol. The van der Waals surface area contributed by atoms with Gasteiger partial charge in [-0.2, -0.15) is 13.2 Å². The maximum Gasteiger partial charge on any atom is 0.418 e. The zero-order chi connectivity index (χ0) is 15.5. The average molecular weight is 288 g/mol. The van der Waals surface area contributed by atoms with Crippen LogP contribution < -0.4 is 10.6 Å². The number of benzene rings is 1. The second-order valence-electron chi connectivity index (χ2n) is 4.98. The molecule has 2 N–H and O–H groups in total. The number of halogens is 3. The van der Waals surface area contributed by atoms with Gasteiger partial charge in [0.05, 0.1) is 16.8 Å². The van der Waals surface area contributed by atoms with Crippen molar-refractivity contribution in [2.24, 2.45) is 5.92 Å². The summed E-state index contributed by atoms with van der Waals surface area (Å²) < 4.78 is 38.7. The number of hydrogen-bond donors (Lipinski definition) is 2. The molecule has 0 saturated heterocycles. The van der Waals surface area contributed by atoms with Gasteiger partial charge in [0.1, 0.15) is 0 Å². The lowest BCUT2D eigenvalue weighted by atomic mass is 10.0. The first-order chi connectivity index (χ1) is 9.18. The van der Waals surface area contributed by atoms with E-state index < -0.39 is 17.6 Å². The molecule has 1 atom stereocenters. The third kappa shape index (κ3) is 3.65. The molecule has 0 spiro atoms. The van der Waals surface area contributed by atoms with Gasteiger partial charge in [-0.15, -0.1) is 0 Å². The van der Waals surface area contributed by atoms with Crippen molar-refractivity contribution < 1.29 is 18.0 Å². The molecule has 1 aromatic rings. The molecule has 0 aliphatic rings. The van der Waals surface area contributed by atoms with Crippen LogP contribution in [0.25, 0.3) is 0 Å². The van der Waals surface area contributed by atoms with Gasteiger partial charge in [0.25, 0.3) is 5.91 Å². The van der Waals surface area contributed by atoms with Crippen molar-refractivity contribution in [3.05, 3.63) is 29.3 Å². The molecule has 0 saturated carbocycles. The van der Waals surface area contributed by atoms with Gasteiger partial charge in [-0.3, -0.25) is 4.79 Å². The largest absolute Gasteiger partial charge is 0.418 e. The number of amides is 1. The van der Waals surface area contributed by atoms with E-state index in [9.17, 15) is 18.0 Å². The lowest BCUT2D eigenvalue weighted by molar-refractivity contribution is -0.136. The van der Waals surface area contributed by atoms with Crippen molar-refractivity contribution in [2.45, 2.75) is 33.0 Å². The first-order valence-corrected chi connectivity index (χ1v) is 6.37. The molecule has 3 nitrogen and oxygen atoms in total. The quantitative estimate of drug-likeness (QED) is 0.890. The van der Waals surface area contributed by atoms with Gasteiger partial charge >= 0.3 is 6.18 Å². The molecule has 1 amide bonds. The first kappa shape index (κ1) is 16.3. The molecule has 0 heterocycles. The van der Waals surface area contributed by atoms with Gasteiger partial charge in [0.15, 0.2) is 0 Å². The van der Waals surface area contributed by atoms with Crippen LogP contribution in [0.15, 0.2) is 18.2 Å². The van der Waals surface area contributed by atoms with E-state index in [2.05, 4.69) is 10.6 Å². The second kappa shape index (κ2) is 6.15. The summed E-state index contributed by atoms with van der Waals surface area (Å²) in [4.78, 5) is 12.1. The Balaban J connectivity index is 3.16. The fourth-order valence-corrected chi connectivity index (χ4v) is 1.70. The smallest absolute Gasteiger partial charge is 0.387 e. The normalized spacial score (nSPS) is 13.2. The maximum absolute atomic E-state index is 12.9. The molecule has 1 aromatic carbocycles. The van der Waals surface area contributed by atoms with Gasteiger partial charge in [-0.05, 0) is 25.0 Å². The molecule has 0 radical (unpaired) electrons. The van der Waals surface area contributed by atoms with E-state index in [1.165, 1.54) is 19.2 Å². The number of alkyl halides is 3.